The highest BCUT2D eigenvalue weighted by atomic mass is 79.9. The zero-order valence-electron chi connectivity index (χ0n) is 12.7. The number of nitrogens with one attached hydrogen (secondary N) is 1. The summed E-state index contributed by atoms with van der Waals surface area (Å²) in [5, 5.41) is 0. The molecule has 1 N–H and O–H groups in total. The largest absolute Gasteiger partial charge is 0.497 e. The maximum absolute atomic E-state index is 12.3. The highest BCUT2D eigenvalue weighted by Gasteiger charge is 2.15. The van der Waals surface area contributed by atoms with Gasteiger partial charge in [0.25, 0.3) is 0 Å². The molecule has 2 rings (SSSR count). The number of rotatable bonds is 5. The van der Waals surface area contributed by atoms with Crippen molar-refractivity contribution in [1.29, 1.82) is 0 Å². The molecular weight excluding hydrogens is 366 g/mol. The number of ether oxygens (including phenoxy) is 1. The molecule has 0 fully saturated rings. The number of hydrogen-bond acceptors (Lipinski definition) is 3. The van der Waals surface area contributed by atoms with E-state index in [-0.39, 0.29) is 11.4 Å². The summed E-state index contributed by atoms with van der Waals surface area (Å²) in [4.78, 5) is 0.223. The van der Waals surface area contributed by atoms with Gasteiger partial charge in [0, 0.05) is 11.0 Å². The molecule has 0 aliphatic carbocycles. The highest BCUT2D eigenvalue weighted by Crippen LogP contribution is 2.21. The van der Waals surface area contributed by atoms with Gasteiger partial charge in [0.1, 0.15) is 5.75 Å². The van der Waals surface area contributed by atoms with Gasteiger partial charge in [0.05, 0.1) is 12.0 Å². The van der Waals surface area contributed by atoms with Crippen LogP contribution in [0.25, 0.3) is 0 Å². The van der Waals surface area contributed by atoms with Crippen LogP contribution in [0.5, 0.6) is 5.75 Å². The Morgan fingerprint density at radius 2 is 1.64 bits per heavy atom. The molecule has 0 radical (unpaired) electrons. The summed E-state index contributed by atoms with van der Waals surface area (Å²) >= 11 is 3.44. The van der Waals surface area contributed by atoms with E-state index in [4.69, 9.17) is 4.74 Å². The van der Waals surface area contributed by atoms with E-state index in [1.165, 1.54) is 12.1 Å². The van der Waals surface area contributed by atoms with Gasteiger partial charge in [-0.15, -0.1) is 0 Å². The molecule has 0 bridgehead atoms. The van der Waals surface area contributed by atoms with Crippen LogP contribution in [0.15, 0.2) is 45.8 Å². The van der Waals surface area contributed by atoms with Crippen molar-refractivity contribution >= 4 is 26.0 Å². The van der Waals surface area contributed by atoms with Crippen LogP contribution in [0, 0.1) is 13.8 Å². The van der Waals surface area contributed by atoms with Crippen molar-refractivity contribution in [3.8, 4) is 5.75 Å². The molecule has 6 heteroatoms. The van der Waals surface area contributed by atoms with E-state index < -0.39 is 10.0 Å². The first-order chi connectivity index (χ1) is 10.3. The molecule has 0 unspecified atom stereocenters. The lowest BCUT2D eigenvalue weighted by Gasteiger charge is -2.12. The van der Waals surface area contributed by atoms with Crippen LogP contribution in [0.3, 0.4) is 0 Å². The molecule has 0 heterocycles. The third kappa shape index (κ3) is 3.88. The van der Waals surface area contributed by atoms with Crippen LogP contribution in [0.4, 0.5) is 0 Å². The Labute approximate surface area is 139 Å². The maximum atomic E-state index is 12.3. The lowest BCUT2D eigenvalue weighted by atomic mass is 10.0. The Bertz CT molecular complexity index is 747. The average Bonchev–Trinajstić information content (AvgIpc) is 2.46. The molecule has 0 saturated heterocycles. The third-order valence-corrected chi connectivity index (χ3v) is 5.34. The van der Waals surface area contributed by atoms with Crippen molar-refractivity contribution in [2.24, 2.45) is 0 Å². The van der Waals surface area contributed by atoms with Crippen LogP contribution < -0.4 is 9.46 Å². The molecular formula is C16H18BrNO3S. The van der Waals surface area contributed by atoms with Crippen molar-refractivity contribution in [3.05, 3.63) is 57.6 Å². The molecule has 0 aliphatic rings. The summed E-state index contributed by atoms with van der Waals surface area (Å²) in [6.45, 7) is 4.20. The molecule has 2 aromatic carbocycles. The SMILES string of the molecule is COc1ccc(S(=O)(=O)NCc2c(C)cc(Br)cc2C)cc1. The Kier molecular flexibility index (Phi) is 5.26. The van der Waals surface area contributed by atoms with E-state index >= 15 is 0 Å². The van der Waals surface area contributed by atoms with Crippen LogP contribution in [-0.4, -0.2) is 15.5 Å². The van der Waals surface area contributed by atoms with E-state index in [2.05, 4.69) is 20.7 Å². The van der Waals surface area contributed by atoms with Crippen molar-refractivity contribution in [2.75, 3.05) is 7.11 Å². The first-order valence-corrected chi connectivity index (χ1v) is 9.00. The zero-order valence-corrected chi connectivity index (χ0v) is 15.1. The maximum Gasteiger partial charge on any atom is 0.240 e. The third-order valence-electron chi connectivity index (χ3n) is 3.47. The molecule has 0 atom stereocenters. The molecule has 2 aromatic rings. The van der Waals surface area contributed by atoms with Gasteiger partial charge in [0.2, 0.25) is 10.0 Å². The Morgan fingerprint density at radius 3 is 2.14 bits per heavy atom. The number of sulfonamides is 1. The monoisotopic (exact) mass is 383 g/mol. The highest BCUT2D eigenvalue weighted by molar-refractivity contribution is 9.10. The fourth-order valence-electron chi connectivity index (χ4n) is 2.22. The van der Waals surface area contributed by atoms with Gasteiger partial charge in [-0.05, 0) is 66.9 Å². The minimum absolute atomic E-state index is 0.223. The fraction of sp³-hybridized carbons (Fsp3) is 0.250. The average molecular weight is 384 g/mol. The summed E-state index contributed by atoms with van der Waals surface area (Å²) in [6.07, 6.45) is 0. The molecule has 4 nitrogen and oxygen atoms in total. The lowest BCUT2D eigenvalue weighted by Crippen LogP contribution is -2.24. The molecule has 22 heavy (non-hydrogen) atoms. The predicted molar refractivity (Wildman–Crippen MR) is 90.6 cm³/mol. The summed E-state index contributed by atoms with van der Waals surface area (Å²) in [7, 11) is -2.00. The second-order valence-electron chi connectivity index (χ2n) is 5.02. The Balaban J connectivity index is 2.19. The quantitative estimate of drug-likeness (QED) is 0.858. The summed E-state index contributed by atoms with van der Waals surface area (Å²) in [5.41, 5.74) is 3.08. The minimum atomic E-state index is -3.54. The van der Waals surface area contributed by atoms with Gasteiger partial charge < -0.3 is 4.74 Å². The van der Waals surface area contributed by atoms with Crippen molar-refractivity contribution < 1.29 is 13.2 Å². The van der Waals surface area contributed by atoms with Crippen molar-refractivity contribution in [2.45, 2.75) is 25.3 Å². The summed E-state index contributed by atoms with van der Waals surface area (Å²) in [5.74, 6) is 0.624. The summed E-state index contributed by atoms with van der Waals surface area (Å²) < 4.78 is 33.3. The van der Waals surface area contributed by atoms with Crippen molar-refractivity contribution in [1.82, 2.24) is 4.72 Å². The number of methoxy groups -OCH3 is 1. The minimum Gasteiger partial charge on any atom is -0.497 e. The number of benzene rings is 2. The van der Waals surface area contributed by atoms with Crippen LogP contribution >= 0.6 is 15.9 Å². The zero-order chi connectivity index (χ0) is 16.3. The first kappa shape index (κ1) is 17.0. The van der Waals surface area contributed by atoms with Gasteiger partial charge in [-0.2, -0.15) is 0 Å². The van der Waals surface area contributed by atoms with E-state index in [0.717, 1.165) is 21.2 Å². The second-order valence-corrected chi connectivity index (χ2v) is 7.70. The Morgan fingerprint density at radius 1 is 1.09 bits per heavy atom. The van der Waals surface area contributed by atoms with E-state index in [9.17, 15) is 8.42 Å². The normalized spacial score (nSPS) is 11.5. The van der Waals surface area contributed by atoms with Crippen molar-refractivity contribution in [3.63, 3.8) is 0 Å². The van der Waals surface area contributed by atoms with Gasteiger partial charge in [-0.1, -0.05) is 15.9 Å². The molecule has 0 saturated carbocycles. The van der Waals surface area contributed by atoms with E-state index in [1.54, 1.807) is 19.2 Å². The molecule has 0 amide bonds. The Hall–Kier alpha value is -1.37. The fourth-order valence-corrected chi connectivity index (χ4v) is 3.91. The van der Waals surface area contributed by atoms with Gasteiger partial charge in [-0.25, -0.2) is 13.1 Å². The molecule has 118 valence electrons. The molecule has 0 aliphatic heterocycles. The predicted octanol–water partition coefficient (Wildman–Crippen LogP) is 3.55. The second kappa shape index (κ2) is 6.81. The lowest BCUT2D eigenvalue weighted by molar-refractivity contribution is 0.414. The standard InChI is InChI=1S/C16H18BrNO3S/c1-11-8-13(17)9-12(2)16(11)10-18-22(19,20)15-6-4-14(21-3)5-7-15/h4-9,18H,10H2,1-3H3. The van der Waals surface area contributed by atoms with E-state index in [0.29, 0.717) is 5.75 Å². The van der Waals surface area contributed by atoms with Gasteiger partial charge in [-0.3, -0.25) is 0 Å². The van der Waals surface area contributed by atoms with Crippen LogP contribution in [0.2, 0.25) is 0 Å². The van der Waals surface area contributed by atoms with Gasteiger partial charge in [0.15, 0.2) is 0 Å². The summed E-state index contributed by atoms with van der Waals surface area (Å²) in [6, 6.07) is 10.3. The number of aryl methyl sites for hydroxylation is 2. The van der Waals surface area contributed by atoms with Crippen LogP contribution in [-0.2, 0) is 16.6 Å². The topological polar surface area (TPSA) is 55.4 Å². The molecule has 0 aromatic heterocycles. The van der Waals surface area contributed by atoms with Crippen LogP contribution in [0.1, 0.15) is 16.7 Å². The molecule has 0 spiro atoms. The number of hydrogen-bond donors (Lipinski definition) is 1. The van der Waals surface area contributed by atoms with E-state index in [1.807, 2.05) is 26.0 Å². The number of halogens is 1. The first-order valence-electron chi connectivity index (χ1n) is 6.73. The van der Waals surface area contributed by atoms with Gasteiger partial charge >= 0.3 is 0 Å². The smallest absolute Gasteiger partial charge is 0.240 e.